The van der Waals surface area contributed by atoms with E-state index in [0.717, 1.165) is 0 Å². The number of aliphatic hydroxyl groups is 1. The Bertz CT molecular complexity index is 997. The van der Waals surface area contributed by atoms with Gasteiger partial charge in [-0.3, -0.25) is 4.79 Å². The summed E-state index contributed by atoms with van der Waals surface area (Å²) >= 11 is 0. The van der Waals surface area contributed by atoms with E-state index in [1.165, 1.54) is 27.9 Å². The first kappa shape index (κ1) is 29.0. The number of esters is 3. The highest BCUT2D eigenvalue weighted by molar-refractivity contribution is 5.88. The summed E-state index contributed by atoms with van der Waals surface area (Å²) in [6.07, 6.45) is -1.19. The molecule has 36 heavy (non-hydrogen) atoms. The van der Waals surface area contributed by atoms with Gasteiger partial charge in [-0.25, -0.2) is 9.59 Å². The fraction of sp³-hybridized carbons (Fsp3) is 0.577. The predicted octanol–water partition coefficient (Wildman–Crippen LogP) is 3.63. The van der Waals surface area contributed by atoms with Crippen LogP contribution < -0.4 is 14.2 Å². The molecule has 2 rings (SSSR count). The van der Waals surface area contributed by atoms with Crippen LogP contribution in [0, 0.1) is 5.92 Å². The van der Waals surface area contributed by atoms with Crippen LogP contribution in [0.5, 0.6) is 17.2 Å². The van der Waals surface area contributed by atoms with E-state index < -0.39 is 47.7 Å². The molecule has 1 aromatic rings. The van der Waals surface area contributed by atoms with Crippen LogP contribution in [0.25, 0.3) is 0 Å². The van der Waals surface area contributed by atoms with Crippen molar-refractivity contribution in [2.45, 2.75) is 78.8 Å². The number of allylic oxidation sites excluding steroid dienone is 1. The van der Waals surface area contributed by atoms with Crippen LogP contribution >= 0.6 is 0 Å². The summed E-state index contributed by atoms with van der Waals surface area (Å²) in [6.45, 7) is 10.9. The predicted molar refractivity (Wildman–Crippen MR) is 129 cm³/mol. The smallest absolute Gasteiger partial charge is 0.342 e. The average Bonchev–Trinajstić information content (AvgIpc) is 3.33. The van der Waals surface area contributed by atoms with Crippen molar-refractivity contribution in [3.63, 3.8) is 0 Å². The van der Waals surface area contributed by atoms with Crippen molar-refractivity contribution in [2.24, 2.45) is 5.92 Å². The number of carbonyl (C=O) groups is 3. The van der Waals surface area contributed by atoms with Gasteiger partial charge in [0.05, 0.1) is 13.0 Å². The molecule has 0 spiro atoms. The third-order valence-electron chi connectivity index (χ3n) is 6.23. The van der Waals surface area contributed by atoms with E-state index in [1.54, 1.807) is 39.0 Å². The van der Waals surface area contributed by atoms with E-state index in [2.05, 4.69) is 0 Å². The molecule has 0 radical (unpaired) electrons. The quantitative estimate of drug-likeness (QED) is 0.269. The number of fused-ring (bicyclic) bond motifs is 1. The van der Waals surface area contributed by atoms with Crippen LogP contribution in [-0.2, 0) is 28.6 Å². The minimum Gasteiger partial charge on any atom is -0.493 e. The molecule has 1 aliphatic rings. The molecule has 0 unspecified atom stereocenters. The van der Waals surface area contributed by atoms with Crippen LogP contribution in [0.1, 0.15) is 66.6 Å². The number of benzene rings is 1. The molecule has 0 aromatic heterocycles. The normalized spacial score (nSPS) is 17.8. The van der Waals surface area contributed by atoms with Crippen LogP contribution in [0.3, 0.4) is 0 Å². The fourth-order valence-electron chi connectivity index (χ4n) is 3.16. The number of rotatable bonds is 11. The second-order valence-electron chi connectivity index (χ2n) is 8.90. The second-order valence-corrected chi connectivity index (χ2v) is 8.90. The van der Waals surface area contributed by atoms with Crippen molar-refractivity contribution >= 4 is 17.9 Å². The topological polar surface area (TPSA) is 127 Å². The van der Waals surface area contributed by atoms with Crippen molar-refractivity contribution in [1.82, 2.24) is 0 Å². The monoisotopic (exact) mass is 508 g/mol. The molecule has 10 heteroatoms. The molecule has 1 aromatic carbocycles. The Morgan fingerprint density at radius 3 is 2.39 bits per heavy atom. The lowest BCUT2D eigenvalue weighted by atomic mass is 9.99. The van der Waals surface area contributed by atoms with Crippen LogP contribution in [0.15, 0.2) is 23.8 Å². The molecule has 1 heterocycles. The highest BCUT2D eigenvalue weighted by atomic mass is 16.7. The Kier molecular flexibility index (Phi) is 9.75. The van der Waals surface area contributed by atoms with Crippen molar-refractivity contribution in [1.29, 1.82) is 0 Å². The lowest BCUT2D eigenvalue weighted by molar-refractivity contribution is -0.194. The summed E-state index contributed by atoms with van der Waals surface area (Å²) in [5, 5.41) is 10.8. The summed E-state index contributed by atoms with van der Waals surface area (Å²) in [7, 11) is 1.45. The molecule has 0 saturated carbocycles. The summed E-state index contributed by atoms with van der Waals surface area (Å²) in [5.74, 6) is -1.46. The maximum atomic E-state index is 13.0. The van der Waals surface area contributed by atoms with E-state index in [-0.39, 0.29) is 6.79 Å². The molecular weight excluding hydrogens is 472 g/mol. The molecule has 5 atom stereocenters. The lowest BCUT2D eigenvalue weighted by Crippen LogP contribution is -2.50. The molecule has 0 saturated heterocycles. The standard InChI is InChI=1S/C26H36O10/c1-9-14(3)23(27)35-17(6)26(7,30)25(29)34-16(5)21(36-24(28)15(4)10-2)18-11-19(31-8)22-20(12-18)32-13-33-22/h10-12,14,16-17,21,30H,9,13H2,1-8H3/t14-,16+,17-,21+,26+/m1/s1. The van der Waals surface area contributed by atoms with Gasteiger partial charge in [0, 0.05) is 11.1 Å². The summed E-state index contributed by atoms with van der Waals surface area (Å²) < 4.78 is 32.8. The molecule has 10 nitrogen and oxygen atoms in total. The van der Waals surface area contributed by atoms with Gasteiger partial charge in [-0.1, -0.05) is 19.9 Å². The second kappa shape index (κ2) is 12.1. The van der Waals surface area contributed by atoms with Gasteiger partial charge in [0.15, 0.2) is 23.2 Å². The van der Waals surface area contributed by atoms with Crippen molar-refractivity contribution in [2.75, 3.05) is 13.9 Å². The van der Waals surface area contributed by atoms with Gasteiger partial charge in [0.1, 0.15) is 12.2 Å². The van der Waals surface area contributed by atoms with Gasteiger partial charge in [-0.2, -0.15) is 0 Å². The highest BCUT2D eigenvalue weighted by Gasteiger charge is 2.43. The van der Waals surface area contributed by atoms with E-state index >= 15 is 0 Å². The fourth-order valence-corrected chi connectivity index (χ4v) is 3.16. The molecule has 1 N–H and O–H groups in total. The van der Waals surface area contributed by atoms with E-state index in [1.807, 2.05) is 6.92 Å². The Morgan fingerprint density at radius 1 is 1.14 bits per heavy atom. The summed E-state index contributed by atoms with van der Waals surface area (Å²) in [4.78, 5) is 37.8. The third kappa shape index (κ3) is 6.48. The zero-order valence-electron chi connectivity index (χ0n) is 22.1. The highest BCUT2D eigenvalue weighted by Crippen LogP contribution is 2.44. The molecule has 0 fully saturated rings. The third-order valence-corrected chi connectivity index (χ3v) is 6.23. The van der Waals surface area contributed by atoms with Gasteiger partial charge in [0.25, 0.3) is 0 Å². The summed E-state index contributed by atoms with van der Waals surface area (Å²) in [6, 6.07) is 3.20. The van der Waals surface area contributed by atoms with E-state index in [9.17, 15) is 19.5 Å². The number of carbonyl (C=O) groups excluding carboxylic acids is 3. The SMILES string of the molecule is CC=C(C)C(=O)O[C@H](c1cc(OC)c2c(c1)OCO2)[C@H](C)OC(=O)[C@@](C)(O)[C@@H](C)OC(=O)[C@H](C)CC. The maximum absolute atomic E-state index is 13.0. The minimum absolute atomic E-state index is 0.00204. The van der Waals surface area contributed by atoms with Crippen LogP contribution in [0.2, 0.25) is 0 Å². The molecular formula is C26H36O10. The van der Waals surface area contributed by atoms with Gasteiger partial charge in [0.2, 0.25) is 12.5 Å². The maximum Gasteiger partial charge on any atom is 0.342 e. The zero-order valence-corrected chi connectivity index (χ0v) is 22.1. The Morgan fingerprint density at radius 2 is 1.81 bits per heavy atom. The van der Waals surface area contributed by atoms with Crippen molar-refractivity contribution < 1.29 is 47.9 Å². The van der Waals surface area contributed by atoms with Gasteiger partial charge >= 0.3 is 17.9 Å². The molecule has 0 bridgehead atoms. The number of ether oxygens (including phenoxy) is 6. The first-order valence-electron chi connectivity index (χ1n) is 11.8. The van der Waals surface area contributed by atoms with Gasteiger partial charge in [-0.05, 0) is 53.2 Å². The number of hydrogen-bond donors (Lipinski definition) is 1. The Balaban J connectivity index is 2.32. The minimum atomic E-state index is -2.16. The lowest BCUT2D eigenvalue weighted by Gasteiger charge is -2.31. The Labute approximate surface area is 211 Å². The molecule has 1 aliphatic heterocycles. The average molecular weight is 509 g/mol. The van der Waals surface area contributed by atoms with Crippen molar-refractivity contribution in [3.8, 4) is 17.2 Å². The van der Waals surface area contributed by atoms with E-state index in [0.29, 0.717) is 34.8 Å². The number of methoxy groups -OCH3 is 1. The van der Waals surface area contributed by atoms with Crippen LogP contribution in [0.4, 0.5) is 0 Å². The van der Waals surface area contributed by atoms with Crippen molar-refractivity contribution in [3.05, 3.63) is 29.3 Å². The number of hydrogen-bond acceptors (Lipinski definition) is 10. The zero-order chi connectivity index (χ0) is 27.2. The molecule has 0 amide bonds. The Hall–Kier alpha value is -3.27. The van der Waals surface area contributed by atoms with Gasteiger partial charge in [-0.15, -0.1) is 0 Å². The summed E-state index contributed by atoms with van der Waals surface area (Å²) in [5.41, 5.74) is -1.38. The van der Waals surface area contributed by atoms with Crippen LogP contribution in [-0.4, -0.2) is 54.7 Å². The largest absolute Gasteiger partial charge is 0.493 e. The van der Waals surface area contributed by atoms with E-state index in [4.69, 9.17) is 28.4 Å². The van der Waals surface area contributed by atoms with Gasteiger partial charge < -0.3 is 33.5 Å². The first-order valence-corrected chi connectivity index (χ1v) is 11.8. The first-order chi connectivity index (χ1) is 16.9. The molecule has 200 valence electrons. The molecule has 0 aliphatic carbocycles.